The van der Waals surface area contributed by atoms with Gasteiger partial charge in [0, 0.05) is 10.9 Å². The van der Waals surface area contributed by atoms with Gasteiger partial charge in [0.1, 0.15) is 0 Å². The lowest BCUT2D eigenvalue weighted by Crippen LogP contribution is -2.23. The molecule has 0 spiro atoms. The van der Waals surface area contributed by atoms with Gasteiger partial charge in [-0.05, 0) is 18.1 Å². The van der Waals surface area contributed by atoms with Gasteiger partial charge >= 0.3 is 0 Å². The molecule has 0 saturated heterocycles. The normalized spacial score (nSPS) is 9.33. The van der Waals surface area contributed by atoms with E-state index in [-0.39, 0.29) is 5.91 Å². The highest BCUT2D eigenvalue weighted by Crippen LogP contribution is 2.17. The molecule has 0 saturated carbocycles. The van der Waals surface area contributed by atoms with Crippen molar-refractivity contribution in [2.45, 2.75) is 12.8 Å². The smallest absolute Gasteiger partial charge is 0.221 e. The molecule has 0 heterocycles. The van der Waals surface area contributed by atoms with Crippen molar-refractivity contribution in [2.75, 3.05) is 6.54 Å². The predicted molar refractivity (Wildman–Crippen MR) is 64.3 cm³/mol. The van der Waals surface area contributed by atoms with Crippen molar-refractivity contribution >= 4 is 21.8 Å². The largest absolute Gasteiger partial charge is 0.345 e. The minimum atomic E-state index is -0.0105. The van der Waals surface area contributed by atoms with Crippen LogP contribution in [0.5, 0.6) is 0 Å². The second-order valence-electron chi connectivity index (χ2n) is 3.07. The van der Waals surface area contributed by atoms with Gasteiger partial charge in [-0.3, -0.25) is 4.79 Å². The van der Waals surface area contributed by atoms with Gasteiger partial charge in [0.05, 0.1) is 6.54 Å². The number of aryl methyl sites for hydroxylation is 1. The van der Waals surface area contributed by atoms with Crippen molar-refractivity contribution in [1.29, 1.82) is 0 Å². The van der Waals surface area contributed by atoms with Crippen LogP contribution in [-0.2, 0) is 11.2 Å². The van der Waals surface area contributed by atoms with E-state index in [1.807, 2.05) is 24.3 Å². The fourth-order valence-electron chi connectivity index (χ4n) is 1.19. The van der Waals surface area contributed by atoms with Gasteiger partial charge in [0.25, 0.3) is 0 Å². The van der Waals surface area contributed by atoms with Gasteiger partial charge in [0.15, 0.2) is 0 Å². The van der Waals surface area contributed by atoms with Crippen molar-refractivity contribution in [3.8, 4) is 12.3 Å². The van der Waals surface area contributed by atoms with Crippen molar-refractivity contribution in [1.82, 2.24) is 5.32 Å². The first kappa shape index (κ1) is 11.8. The highest BCUT2D eigenvalue weighted by Gasteiger charge is 2.03. The molecule has 2 nitrogen and oxygen atoms in total. The van der Waals surface area contributed by atoms with Gasteiger partial charge in [0.2, 0.25) is 5.91 Å². The standard InChI is InChI=1S/C12H12BrNO/c1-2-9-14-12(15)8-7-10-5-3-4-6-11(10)13/h1,3-6H,7-9H2,(H,14,15). The van der Waals surface area contributed by atoms with E-state index in [2.05, 4.69) is 27.2 Å². The Morgan fingerprint density at radius 1 is 1.47 bits per heavy atom. The molecule has 1 rings (SSSR count). The minimum absolute atomic E-state index is 0.0105. The number of hydrogen-bond donors (Lipinski definition) is 1. The molecule has 1 aromatic rings. The van der Waals surface area contributed by atoms with Crippen molar-refractivity contribution in [3.05, 3.63) is 34.3 Å². The molecule has 0 aliphatic rings. The zero-order valence-corrected chi connectivity index (χ0v) is 9.88. The average molecular weight is 266 g/mol. The number of halogens is 1. The molecular formula is C12H12BrNO. The summed E-state index contributed by atoms with van der Waals surface area (Å²) in [4.78, 5) is 11.3. The van der Waals surface area contributed by atoms with Crippen LogP contribution in [-0.4, -0.2) is 12.5 Å². The third kappa shape index (κ3) is 4.18. The first-order chi connectivity index (χ1) is 7.24. The Kier molecular flexibility index (Phi) is 4.92. The molecule has 0 fully saturated rings. The van der Waals surface area contributed by atoms with E-state index < -0.39 is 0 Å². The van der Waals surface area contributed by atoms with Gasteiger partial charge < -0.3 is 5.32 Å². The zero-order valence-electron chi connectivity index (χ0n) is 8.29. The lowest BCUT2D eigenvalue weighted by atomic mass is 10.1. The molecule has 15 heavy (non-hydrogen) atoms. The number of hydrogen-bond acceptors (Lipinski definition) is 1. The number of rotatable bonds is 4. The Morgan fingerprint density at radius 2 is 2.20 bits per heavy atom. The Hall–Kier alpha value is -1.27. The molecule has 0 aliphatic carbocycles. The van der Waals surface area contributed by atoms with E-state index in [0.29, 0.717) is 13.0 Å². The lowest BCUT2D eigenvalue weighted by molar-refractivity contribution is -0.120. The summed E-state index contributed by atoms with van der Waals surface area (Å²) < 4.78 is 1.04. The van der Waals surface area contributed by atoms with E-state index in [1.165, 1.54) is 0 Å². The van der Waals surface area contributed by atoms with Gasteiger partial charge in [-0.2, -0.15) is 0 Å². The van der Waals surface area contributed by atoms with Gasteiger partial charge in [-0.25, -0.2) is 0 Å². The maximum atomic E-state index is 11.3. The number of benzene rings is 1. The van der Waals surface area contributed by atoms with Crippen LogP contribution in [0.2, 0.25) is 0 Å². The van der Waals surface area contributed by atoms with Crippen LogP contribution in [0.25, 0.3) is 0 Å². The fraction of sp³-hybridized carbons (Fsp3) is 0.250. The van der Waals surface area contributed by atoms with Crippen molar-refractivity contribution < 1.29 is 4.79 Å². The maximum Gasteiger partial charge on any atom is 0.221 e. The summed E-state index contributed by atoms with van der Waals surface area (Å²) in [6, 6.07) is 7.87. The van der Waals surface area contributed by atoms with Crippen molar-refractivity contribution in [3.63, 3.8) is 0 Å². The Morgan fingerprint density at radius 3 is 2.87 bits per heavy atom. The van der Waals surface area contributed by atoms with Crippen LogP contribution in [0.1, 0.15) is 12.0 Å². The van der Waals surface area contributed by atoms with Crippen LogP contribution in [0, 0.1) is 12.3 Å². The molecule has 0 aromatic heterocycles. The number of carbonyl (C=O) groups is 1. The zero-order chi connectivity index (χ0) is 11.1. The van der Waals surface area contributed by atoms with E-state index >= 15 is 0 Å². The Labute approximate surface area is 98.2 Å². The first-order valence-electron chi connectivity index (χ1n) is 4.67. The number of amides is 1. The van der Waals surface area contributed by atoms with E-state index in [4.69, 9.17) is 6.42 Å². The summed E-state index contributed by atoms with van der Waals surface area (Å²) in [5.41, 5.74) is 1.13. The SMILES string of the molecule is C#CCNC(=O)CCc1ccccc1Br. The topological polar surface area (TPSA) is 29.1 Å². The molecule has 0 atom stereocenters. The summed E-state index contributed by atoms with van der Waals surface area (Å²) in [6.07, 6.45) is 6.22. The summed E-state index contributed by atoms with van der Waals surface area (Å²) >= 11 is 3.43. The molecule has 1 N–H and O–H groups in total. The summed E-state index contributed by atoms with van der Waals surface area (Å²) in [5, 5.41) is 2.63. The number of carbonyl (C=O) groups excluding carboxylic acids is 1. The second-order valence-corrected chi connectivity index (χ2v) is 3.93. The monoisotopic (exact) mass is 265 g/mol. The Balaban J connectivity index is 2.41. The first-order valence-corrected chi connectivity index (χ1v) is 5.47. The van der Waals surface area contributed by atoms with Crippen LogP contribution in [0.3, 0.4) is 0 Å². The molecule has 0 unspecified atom stereocenters. The summed E-state index contributed by atoms with van der Waals surface area (Å²) in [6.45, 7) is 0.300. The molecular weight excluding hydrogens is 254 g/mol. The molecule has 0 bridgehead atoms. The highest BCUT2D eigenvalue weighted by atomic mass is 79.9. The van der Waals surface area contributed by atoms with Gasteiger partial charge in [-0.1, -0.05) is 40.0 Å². The average Bonchev–Trinajstić information content (AvgIpc) is 2.25. The van der Waals surface area contributed by atoms with E-state index in [9.17, 15) is 4.79 Å². The quantitative estimate of drug-likeness (QED) is 0.831. The van der Waals surface area contributed by atoms with Crippen LogP contribution < -0.4 is 5.32 Å². The number of nitrogens with one attached hydrogen (secondary N) is 1. The molecule has 1 aromatic carbocycles. The fourth-order valence-corrected chi connectivity index (χ4v) is 1.67. The van der Waals surface area contributed by atoms with Crippen LogP contribution in [0.15, 0.2) is 28.7 Å². The third-order valence-corrected chi connectivity index (χ3v) is 2.74. The van der Waals surface area contributed by atoms with E-state index in [1.54, 1.807) is 0 Å². The number of terminal acetylenes is 1. The van der Waals surface area contributed by atoms with Crippen LogP contribution >= 0.6 is 15.9 Å². The highest BCUT2D eigenvalue weighted by molar-refractivity contribution is 9.10. The Bertz CT molecular complexity index is 381. The maximum absolute atomic E-state index is 11.3. The summed E-state index contributed by atoms with van der Waals surface area (Å²) in [5.74, 6) is 2.36. The molecule has 0 aliphatic heterocycles. The molecule has 0 radical (unpaired) electrons. The minimum Gasteiger partial charge on any atom is -0.345 e. The second kappa shape index (κ2) is 6.26. The lowest BCUT2D eigenvalue weighted by Gasteiger charge is -2.03. The van der Waals surface area contributed by atoms with Crippen molar-refractivity contribution in [2.24, 2.45) is 0 Å². The summed E-state index contributed by atoms with van der Waals surface area (Å²) in [7, 11) is 0. The molecule has 1 amide bonds. The third-order valence-electron chi connectivity index (χ3n) is 1.97. The molecule has 78 valence electrons. The van der Waals surface area contributed by atoms with E-state index in [0.717, 1.165) is 16.5 Å². The van der Waals surface area contributed by atoms with Crippen LogP contribution in [0.4, 0.5) is 0 Å². The predicted octanol–water partition coefficient (Wildman–Crippen LogP) is 2.13. The molecule has 3 heteroatoms. The van der Waals surface area contributed by atoms with Gasteiger partial charge in [-0.15, -0.1) is 6.42 Å².